The van der Waals surface area contributed by atoms with Gasteiger partial charge in [0.1, 0.15) is 5.75 Å². The molecule has 5 nitrogen and oxygen atoms in total. The molecule has 0 spiro atoms. The normalized spacial score (nSPS) is 10.0. The van der Waals surface area contributed by atoms with Crippen molar-refractivity contribution in [3.05, 3.63) is 47.1 Å². The molecule has 1 aromatic heterocycles. The summed E-state index contributed by atoms with van der Waals surface area (Å²) >= 11 is 5.62. The molecule has 19 heavy (non-hydrogen) atoms. The maximum Gasteiger partial charge on any atom is 0.338 e. The van der Waals surface area contributed by atoms with Gasteiger partial charge in [0.15, 0.2) is 5.15 Å². The molecule has 0 N–H and O–H groups in total. The molecule has 0 fully saturated rings. The van der Waals surface area contributed by atoms with E-state index in [1.807, 2.05) is 0 Å². The number of aromatic nitrogens is 2. The van der Waals surface area contributed by atoms with Crippen LogP contribution in [0.2, 0.25) is 5.15 Å². The Kier molecular flexibility index (Phi) is 4.30. The smallest absolute Gasteiger partial charge is 0.338 e. The molecule has 0 amide bonds. The van der Waals surface area contributed by atoms with E-state index in [-0.39, 0.29) is 5.97 Å². The van der Waals surface area contributed by atoms with Gasteiger partial charge in [-0.15, -0.1) is 10.2 Å². The molecular weight excluding hydrogens is 268 g/mol. The zero-order valence-corrected chi connectivity index (χ0v) is 10.9. The predicted molar refractivity (Wildman–Crippen MR) is 69.5 cm³/mol. The SMILES string of the molecule is CCOC(=O)c1ccc(Oc2ccc(Cl)nn2)cc1. The van der Waals surface area contributed by atoms with Crippen LogP contribution in [0.25, 0.3) is 0 Å². The van der Waals surface area contributed by atoms with Crippen molar-refractivity contribution >= 4 is 17.6 Å². The largest absolute Gasteiger partial charge is 0.462 e. The first-order chi connectivity index (χ1) is 9.19. The summed E-state index contributed by atoms with van der Waals surface area (Å²) in [6.45, 7) is 2.10. The Labute approximate surface area is 115 Å². The van der Waals surface area contributed by atoms with Gasteiger partial charge in [-0.3, -0.25) is 0 Å². The fourth-order valence-electron chi connectivity index (χ4n) is 1.35. The zero-order valence-electron chi connectivity index (χ0n) is 10.2. The minimum Gasteiger partial charge on any atom is -0.462 e. The summed E-state index contributed by atoms with van der Waals surface area (Å²) in [4.78, 5) is 11.5. The van der Waals surface area contributed by atoms with Crippen LogP contribution < -0.4 is 4.74 Å². The molecule has 0 saturated heterocycles. The van der Waals surface area contributed by atoms with Gasteiger partial charge in [0.05, 0.1) is 12.2 Å². The predicted octanol–water partition coefficient (Wildman–Crippen LogP) is 3.10. The second-order valence-corrected chi connectivity index (χ2v) is 3.93. The molecule has 2 rings (SSSR count). The molecule has 0 aliphatic carbocycles. The molecule has 0 saturated carbocycles. The van der Waals surface area contributed by atoms with E-state index in [0.29, 0.717) is 29.0 Å². The van der Waals surface area contributed by atoms with Crippen molar-refractivity contribution in [1.29, 1.82) is 0 Å². The van der Waals surface area contributed by atoms with Crippen LogP contribution in [0.4, 0.5) is 0 Å². The second kappa shape index (κ2) is 6.15. The van der Waals surface area contributed by atoms with Gasteiger partial charge in [0.25, 0.3) is 0 Å². The van der Waals surface area contributed by atoms with Crippen LogP contribution in [0, 0.1) is 0 Å². The van der Waals surface area contributed by atoms with Gasteiger partial charge in [-0.2, -0.15) is 0 Å². The van der Waals surface area contributed by atoms with Gasteiger partial charge in [-0.1, -0.05) is 11.6 Å². The quantitative estimate of drug-likeness (QED) is 0.804. The average Bonchev–Trinajstić information content (AvgIpc) is 2.42. The number of carbonyl (C=O) groups excluding carboxylic acids is 1. The number of halogens is 1. The number of hydrogen-bond donors (Lipinski definition) is 0. The van der Waals surface area contributed by atoms with E-state index >= 15 is 0 Å². The van der Waals surface area contributed by atoms with Crippen molar-refractivity contribution in [1.82, 2.24) is 10.2 Å². The fraction of sp³-hybridized carbons (Fsp3) is 0.154. The highest BCUT2D eigenvalue weighted by molar-refractivity contribution is 6.29. The third-order valence-corrected chi connectivity index (χ3v) is 2.40. The zero-order chi connectivity index (χ0) is 13.7. The van der Waals surface area contributed by atoms with Gasteiger partial charge >= 0.3 is 5.97 Å². The first kappa shape index (κ1) is 13.3. The van der Waals surface area contributed by atoms with Gasteiger partial charge in [0.2, 0.25) is 5.88 Å². The lowest BCUT2D eigenvalue weighted by Crippen LogP contribution is -2.04. The monoisotopic (exact) mass is 278 g/mol. The molecule has 0 atom stereocenters. The van der Waals surface area contributed by atoms with Crippen LogP contribution in [0.15, 0.2) is 36.4 Å². The van der Waals surface area contributed by atoms with Crippen molar-refractivity contribution in [2.45, 2.75) is 6.92 Å². The first-order valence-electron chi connectivity index (χ1n) is 5.63. The van der Waals surface area contributed by atoms with Crippen LogP contribution in [0.1, 0.15) is 17.3 Å². The Balaban J connectivity index is 2.06. The van der Waals surface area contributed by atoms with Crippen molar-refractivity contribution in [2.24, 2.45) is 0 Å². The molecule has 0 aliphatic rings. The number of benzene rings is 1. The average molecular weight is 279 g/mol. The Morgan fingerprint density at radius 2 is 1.89 bits per heavy atom. The Morgan fingerprint density at radius 3 is 2.47 bits per heavy atom. The lowest BCUT2D eigenvalue weighted by molar-refractivity contribution is 0.0526. The van der Waals surface area contributed by atoms with Crippen LogP contribution in [-0.4, -0.2) is 22.8 Å². The Bertz CT molecular complexity index is 555. The summed E-state index contributed by atoms with van der Waals surface area (Å²) in [5.74, 6) is 0.512. The van der Waals surface area contributed by atoms with E-state index in [4.69, 9.17) is 21.1 Å². The van der Waals surface area contributed by atoms with Crippen LogP contribution in [-0.2, 0) is 4.74 Å². The molecule has 0 radical (unpaired) electrons. The molecule has 0 bridgehead atoms. The lowest BCUT2D eigenvalue weighted by atomic mass is 10.2. The molecule has 1 heterocycles. The number of hydrogen-bond acceptors (Lipinski definition) is 5. The maximum atomic E-state index is 11.5. The number of ether oxygens (including phenoxy) is 2. The van der Waals surface area contributed by atoms with Crippen molar-refractivity contribution < 1.29 is 14.3 Å². The molecule has 1 aromatic carbocycles. The van der Waals surface area contributed by atoms with Crippen molar-refractivity contribution in [3.8, 4) is 11.6 Å². The highest BCUT2D eigenvalue weighted by atomic mass is 35.5. The highest BCUT2D eigenvalue weighted by Gasteiger charge is 2.06. The maximum absolute atomic E-state index is 11.5. The number of rotatable bonds is 4. The van der Waals surface area contributed by atoms with Crippen LogP contribution >= 0.6 is 11.6 Å². The topological polar surface area (TPSA) is 61.3 Å². The molecule has 0 aliphatic heterocycles. The van der Waals surface area contributed by atoms with E-state index in [2.05, 4.69) is 10.2 Å². The van der Waals surface area contributed by atoms with E-state index in [1.54, 1.807) is 43.3 Å². The van der Waals surface area contributed by atoms with Gasteiger partial charge in [-0.05, 0) is 37.3 Å². The third kappa shape index (κ3) is 3.66. The summed E-state index contributed by atoms with van der Waals surface area (Å²) in [6.07, 6.45) is 0. The third-order valence-electron chi connectivity index (χ3n) is 2.20. The molecule has 0 unspecified atom stereocenters. The molecule has 6 heteroatoms. The fourth-order valence-corrected chi connectivity index (χ4v) is 1.45. The van der Waals surface area contributed by atoms with E-state index < -0.39 is 0 Å². The lowest BCUT2D eigenvalue weighted by Gasteiger charge is -2.05. The molecule has 98 valence electrons. The molecule has 2 aromatic rings. The summed E-state index contributed by atoms with van der Waals surface area (Å²) in [6, 6.07) is 9.74. The van der Waals surface area contributed by atoms with Crippen molar-refractivity contribution in [3.63, 3.8) is 0 Å². The van der Waals surface area contributed by atoms with Gasteiger partial charge in [-0.25, -0.2) is 4.79 Å². The minimum atomic E-state index is -0.361. The highest BCUT2D eigenvalue weighted by Crippen LogP contribution is 2.20. The first-order valence-corrected chi connectivity index (χ1v) is 6.01. The number of esters is 1. The second-order valence-electron chi connectivity index (χ2n) is 3.54. The summed E-state index contributed by atoms with van der Waals surface area (Å²) in [5, 5.41) is 7.72. The standard InChI is InChI=1S/C13H11ClN2O3/c1-2-18-13(17)9-3-5-10(6-4-9)19-12-8-7-11(14)15-16-12/h3-8H,2H2,1H3. The summed E-state index contributed by atoms with van der Waals surface area (Å²) < 4.78 is 10.3. The van der Waals surface area contributed by atoms with E-state index in [9.17, 15) is 4.79 Å². The number of nitrogens with zero attached hydrogens (tertiary/aromatic N) is 2. The number of carbonyl (C=O) groups is 1. The Hall–Kier alpha value is -2.14. The summed E-state index contributed by atoms with van der Waals surface area (Å²) in [7, 11) is 0. The van der Waals surface area contributed by atoms with E-state index in [1.165, 1.54) is 0 Å². The van der Waals surface area contributed by atoms with Crippen LogP contribution in [0.3, 0.4) is 0 Å². The minimum absolute atomic E-state index is 0.296. The van der Waals surface area contributed by atoms with E-state index in [0.717, 1.165) is 0 Å². The molecular formula is C13H11ClN2O3. The van der Waals surface area contributed by atoms with Gasteiger partial charge < -0.3 is 9.47 Å². The summed E-state index contributed by atoms with van der Waals surface area (Å²) in [5.41, 5.74) is 0.469. The Morgan fingerprint density at radius 1 is 1.16 bits per heavy atom. The van der Waals surface area contributed by atoms with Crippen molar-refractivity contribution in [2.75, 3.05) is 6.61 Å². The van der Waals surface area contributed by atoms with Crippen LogP contribution in [0.5, 0.6) is 11.6 Å². The van der Waals surface area contributed by atoms with Gasteiger partial charge in [0, 0.05) is 6.07 Å².